The van der Waals surface area contributed by atoms with E-state index in [0.717, 1.165) is 42.4 Å². The summed E-state index contributed by atoms with van der Waals surface area (Å²) in [7, 11) is 0. The molecule has 1 nitrogen and oxygen atoms in total. The minimum atomic E-state index is -0.0951. The third-order valence-corrected chi connectivity index (χ3v) is 10.4. The van der Waals surface area contributed by atoms with Crippen molar-refractivity contribution < 1.29 is 5.11 Å². The number of hydrogen-bond donors (Lipinski definition) is 1. The number of rotatable bonds is 5. The molecule has 0 bridgehead atoms. The molecule has 0 aliphatic heterocycles. The average molecular weight is 399 g/mol. The largest absolute Gasteiger partial charge is 0.393 e. The third kappa shape index (κ3) is 3.58. The van der Waals surface area contributed by atoms with Crippen LogP contribution in [0.5, 0.6) is 0 Å². The predicted molar refractivity (Wildman–Crippen MR) is 124 cm³/mol. The van der Waals surface area contributed by atoms with Crippen molar-refractivity contribution in [2.24, 2.45) is 40.4 Å². The van der Waals surface area contributed by atoms with Gasteiger partial charge in [0.2, 0.25) is 0 Å². The maximum atomic E-state index is 10.2. The van der Waals surface area contributed by atoms with Crippen molar-refractivity contribution in [1.29, 1.82) is 0 Å². The fraction of sp³-hybridized carbons (Fsp3) is 0.857. The van der Waals surface area contributed by atoms with Crippen molar-refractivity contribution in [3.63, 3.8) is 0 Å². The molecular weight excluding hydrogens is 352 g/mol. The van der Waals surface area contributed by atoms with E-state index in [0.29, 0.717) is 10.8 Å². The van der Waals surface area contributed by atoms with Gasteiger partial charge in [0.1, 0.15) is 0 Å². The maximum Gasteiger partial charge on any atom is 0.0577 e. The van der Waals surface area contributed by atoms with E-state index in [4.69, 9.17) is 0 Å². The predicted octanol–water partition coefficient (Wildman–Crippen LogP) is 7.70. The Labute approximate surface area is 180 Å². The molecule has 0 radical (unpaired) electrons. The first-order valence-corrected chi connectivity index (χ1v) is 12.8. The normalized spacial score (nSPS) is 41.5. The summed E-state index contributed by atoms with van der Waals surface area (Å²) in [6, 6.07) is 0. The fourth-order valence-corrected chi connectivity index (χ4v) is 7.93. The Morgan fingerprint density at radius 3 is 2.45 bits per heavy atom. The molecule has 29 heavy (non-hydrogen) atoms. The van der Waals surface area contributed by atoms with Crippen molar-refractivity contribution in [3.8, 4) is 0 Å². The van der Waals surface area contributed by atoms with Gasteiger partial charge in [-0.3, -0.25) is 0 Å². The number of aliphatic hydroxyl groups excluding tert-OH is 1. The van der Waals surface area contributed by atoms with Gasteiger partial charge >= 0.3 is 0 Å². The first-order valence-electron chi connectivity index (χ1n) is 12.8. The third-order valence-electron chi connectivity index (χ3n) is 10.4. The van der Waals surface area contributed by atoms with Gasteiger partial charge in [-0.15, -0.1) is 0 Å². The Balaban J connectivity index is 1.56. The van der Waals surface area contributed by atoms with Gasteiger partial charge in [0, 0.05) is 0 Å². The van der Waals surface area contributed by atoms with Crippen LogP contribution in [0.3, 0.4) is 0 Å². The molecule has 0 aromatic rings. The molecule has 4 aliphatic carbocycles. The highest BCUT2D eigenvalue weighted by atomic mass is 16.3. The zero-order valence-corrected chi connectivity index (χ0v) is 20.1. The van der Waals surface area contributed by atoms with Crippen LogP contribution in [0.1, 0.15) is 106 Å². The molecule has 4 rings (SSSR count). The van der Waals surface area contributed by atoms with E-state index in [1.807, 2.05) is 11.1 Å². The van der Waals surface area contributed by atoms with Crippen molar-refractivity contribution >= 4 is 0 Å². The van der Waals surface area contributed by atoms with Crippen molar-refractivity contribution in [2.75, 3.05) is 0 Å². The summed E-state index contributed by atoms with van der Waals surface area (Å²) in [5, 5.41) is 10.2. The molecule has 0 saturated heterocycles. The Bertz CT molecular complexity index is 684. The summed E-state index contributed by atoms with van der Waals surface area (Å²) >= 11 is 0. The summed E-state index contributed by atoms with van der Waals surface area (Å²) in [6.07, 6.45) is 15.1. The standard InChI is InChI=1S/C28H46O/c1-18(2)19(3)7-8-20(4)24-11-12-25-23-10-9-21-17-22(29)13-15-27(21,5)26(23)14-16-28(24,25)6/h9,18-20,22,24,26,29H,7-8,10-17H2,1-6H3. The summed E-state index contributed by atoms with van der Waals surface area (Å²) in [6.45, 7) is 14.9. The van der Waals surface area contributed by atoms with Crippen molar-refractivity contribution in [3.05, 3.63) is 22.8 Å². The van der Waals surface area contributed by atoms with Crippen LogP contribution >= 0.6 is 0 Å². The van der Waals surface area contributed by atoms with Gasteiger partial charge < -0.3 is 5.11 Å². The molecule has 0 amide bonds. The lowest BCUT2D eigenvalue weighted by molar-refractivity contribution is 0.0685. The molecule has 164 valence electrons. The SMILES string of the molecule is CC(C)C(C)CCC(C)C1CCC2=C3CC=C4CC(O)CCC4(C)C3CCC21C. The summed E-state index contributed by atoms with van der Waals surface area (Å²) in [5.41, 5.74) is 6.09. The summed E-state index contributed by atoms with van der Waals surface area (Å²) in [5.74, 6) is 4.16. The molecule has 0 heterocycles. The number of hydrogen-bond acceptors (Lipinski definition) is 1. The van der Waals surface area contributed by atoms with Gasteiger partial charge in [-0.1, -0.05) is 77.2 Å². The van der Waals surface area contributed by atoms with Crippen LogP contribution in [0.2, 0.25) is 0 Å². The van der Waals surface area contributed by atoms with E-state index in [2.05, 4.69) is 47.6 Å². The molecule has 1 N–H and O–H groups in total. The van der Waals surface area contributed by atoms with Crippen molar-refractivity contribution in [2.45, 2.75) is 112 Å². The smallest absolute Gasteiger partial charge is 0.0577 e. The van der Waals surface area contributed by atoms with E-state index >= 15 is 0 Å². The minimum Gasteiger partial charge on any atom is -0.393 e. The number of fused-ring (bicyclic) bond motifs is 4. The van der Waals surface area contributed by atoms with Gasteiger partial charge in [0.05, 0.1) is 6.10 Å². The second-order valence-electron chi connectivity index (χ2n) is 12.2. The quantitative estimate of drug-likeness (QED) is 0.470. The molecule has 7 atom stereocenters. The van der Waals surface area contributed by atoms with E-state index in [1.54, 1.807) is 5.57 Å². The molecule has 0 aromatic heterocycles. The maximum absolute atomic E-state index is 10.2. The number of allylic oxidation sites excluding steroid dienone is 3. The Kier molecular flexibility index (Phi) is 5.86. The average Bonchev–Trinajstić information content (AvgIpc) is 3.03. The van der Waals surface area contributed by atoms with Crippen LogP contribution in [-0.4, -0.2) is 11.2 Å². The zero-order chi connectivity index (χ0) is 21.0. The fourth-order valence-electron chi connectivity index (χ4n) is 7.93. The number of aliphatic hydroxyl groups is 1. The molecular formula is C28H46O. The van der Waals surface area contributed by atoms with E-state index < -0.39 is 0 Å². The second-order valence-corrected chi connectivity index (χ2v) is 12.2. The first-order chi connectivity index (χ1) is 13.7. The lowest BCUT2D eigenvalue weighted by atomic mass is 9.52. The lowest BCUT2D eigenvalue weighted by Gasteiger charge is -2.53. The Morgan fingerprint density at radius 2 is 1.72 bits per heavy atom. The molecule has 4 aliphatic rings. The highest BCUT2D eigenvalue weighted by Crippen LogP contribution is 2.64. The van der Waals surface area contributed by atoms with E-state index in [9.17, 15) is 5.11 Å². The minimum absolute atomic E-state index is 0.0951. The topological polar surface area (TPSA) is 20.2 Å². The van der Waals surface area contributed by atoms with Crippen molar-refractivity contribution in [1.82, 2.24) is 0 Å². The summed E-state index contributed by atoms with van der Waals surface area (Å²) in [4.78, 5) is 0. The van der Waals surface area contributed by atoms with Crippen LogP contribution in [-0.2, 0) is 0 Å². The molecule has 2 fully saturated rings. The van der Waals surface area contributed by atoms with Crippen LogP contribution in [0.15, 0.2) is 22.8 Å². The molecule has 0 spiro atoms. The molecule has 1 heteroatoms. The first kappa shape index (κ1) is 21.7. The van der Waals surface area contributed by atoms with Crippen LogP contribution in [0.25, 0.3) is 0 Å². The highest BCUT2D eigenvalue weighted by Gasteiger charge is 2.53. The van der Waals surface area contributed by atoms with E-state index in [1.165, 1.54) is 51.4 Å². The van der Waals surface area contributed by atoms with Gasteiger partial charge in [-0.2, -0.15) is 0 Å². The molecule has 7 unspecified atom stereocenters. The summed E-state index contributed by atoms with van der Waals surface area (Å²) < 4.78 is 0. The molecule has 0 aromatic carbocycles. The monoisotopic (exact) mass is 398 g/mol. The second kappa shape index (κ2) is 7.85. The van der Waals surface area contributed by atoms with Gasteiger partial charge in [-0.25, -0.2) is 0 Å². The highest BCUT2D eigenvalue weighted by molar-refractivity contribution is 5.40. The van der Waals surface area contributed by atoms with Gasteiger partial charge in [-0.05, 0) is 91.8 Å². The lowest BCUT2D eigenvalue weighted by Crippen LogP contribution is -2.43. The van der Waals surface area contributed by atoms with Crippen LogP contribution in [0.4, 0.5) is 0 Å². The Morgan fingerprint density at radius 1 is 1.00 bits per heavy atom. The van der Waals surface area contributed by atoms with Gasteiger partial charge in [0.15, 0.2) is 0 Å². The zero-order valence-electron chi connectivity index (χ0n) is 20.1. The van der Waals surface area contributed by atoms with Crippen LogP contribution in [0, 0.1) is 40.4 Å². The molecule has 2 saturated carbocycles. The Hall–Kier alpha value is -0.560. The van der Waals surface area contributed by atoms with E-state index in [-0.39, 0.29) is 6.10 Å². The van der Waals surface area contributed by atoms with Crippen LogP contribution < -0.4 is 0 Å². The van der Waals surface area contributed by atoms with Gasteiger partial charge in [0.25, 0.3) is 0 Å².